The number of rotatable bonds is 3. The van der Waals surface area contributed by atoms with Crippen LogP contribution in [0.4, 0.5) is 0 Å². The van der Waals surface area contributed by atoms with Crippen molar-refractivity contribution in [2.45, 2.75) is 13.5 Å². The van der Waals surface area contributed by atoms with Gasteiger partial charge in [-0.05, 0) is 36.8 Å². The molecule has 116 valence electrons. The van der Waals surface area contributed by atoms with Crippen LogP contribution in [0.5, 0.6) is 0 Å². The molecule has 4 nitrogen and oxygen atoms in total. The van der Waals surface area contributed by atoms with Crippen molar-refractivity contribution >= 4 is 32.7 Å². The van der Waals surface area contributed by atoms with E-state index in [2.05, 4.69) is 26.2 Å². The highest BCUT2D eigenvalue weighted by molar-refractivity contribution is 9.10. The number of nitrogens with one attached hydrogen (secondary N) is 2. The molecule has 0 bridgehead atoms. The van der Waals surface area contributed by atoms with E-state index in [4.69, 9.17) is 0 Å². The molecule has 0 unspecified atom stereocenters. The van der Waals surface area contributed by atoms with Crippen molar-refractivity contribution in [3.63, 3.8) is 0 Å². The summed E-state index contributed by atoms with van der Waals surface area (Å²) in [5, 5.41) is 3.59. The molecule has 0 radical (unpaired) electrons. The number of benzene rings is 2. The summed E-state index contributed by atoms with van der Waals surface area (Å²) in [6.45, 7) is 2.39. The molecule has 2 aromatic carbocycles. The third-order valence-corrected chi connectivity index (χ3v) is 4.12. The Morgan fingerprint density at radius 1 is 1.13 bits per heavy atom. The summed E-state index contributed by atoms with van der Waals surface area (Å²) in [7, 11) is 0. The van der Waals surface area contributed by atoms with Crippen LogP contribution in [0, 0.1) is 6.92 Å². The summed E-state index contributed by atoms with van der Waals surface area (Å²) in [5.74, 6) is -0.381. The number of carbonyl (C=O) groups excluding carboxylic acids is 1. The van der Waals surface area contributed by atoms with Crippen molar-refractivity contribution in [1.82, 2.24) is 10.3 Å². The van der Waals surface area contributed by atoms with Crippen LogP contribution in [0.1, 0.15) is 21.5 Å². The fourth-order valence-corrected chi connectivity index (χ4v) is 2.71. The Balaban J connectivity index is 1.84. The van der Waals surface area contributed by atoms with Crippen molar-refractivity contribution in [2.24, 2.45) is 0 Å². The normalized spacial score (nSPS) is 10.7. The third kappa shape index (κ3) is 3.51. The van der Waals surface area contributed by atoms with E-state index in [-0.39, 0.29) is 17.0 Å². The van der Waals surface area contributed by atoms with Gasteiger partial charge >= 0.3 is 0 Å². The van der Waals surface area contributed by atoms with E-state index in [1.807, 2.05) is 43.3 Å². The zero-order valence-corrected chi connectivity index (χ0v) is 14.1. The molecule has 3 rings (SSSR count). The molecule has 0 saturated heterocycles. The van der Waals surface area contributed by atoms with Gasteiger partial charge in [-0.2, -0.15) is 0 Å². The average molecular weight is 371 g/mol. The second kappa shape index (κ2) is 6.38. The van der Waals surface area contributed by atoms with E-state index in [0.717, 1.165) is 21.0 Å². The topological polar surface area (TPSA) is 62.0 Å². The SMILES string of the molecule is Cc1ccc(CNC(=O)c2cc3cc(Br)ccc3[nH]c2=O)cc1. The molecule has 0 aliphatic rings. The van der Waals surface area contributed by atoms with Gasteiger partial charge in [0.1, 0.15) is 5.56 Å². The van der Waals surface area contributed by atoms with Gasteiger partial charge in [0.15, 0.2) is 0 Å². The van der Waals surface area contributed by atoms with Crippen LogP contribution in [0.3, 0.4) is 0 Å². The van der Waals surface area contributed by atoms with Gasteiger partial charge in [-0.15, -0.1) is 0 Å². The summed E-state index contributed by atoms with van der Waals surface area (Å²) in [5.41, 5.74) is 2.58. The quantitative estimate of drug-likeness (QED) is 0.740. The predicted molar refractivity (Wildman–Crippen MR) is 94.6 cm³/mol. The summed E-state index contributed by atoms with van der Waals surface area (Å²) < 4.78 is 0.892. The number of H-pyrrole nitrogens is 1. The van der Waals surface area contributed by atoms with Crippen LogP contribution in [-0.2, 0) is 6.54 Å². The molecular formula is C18H15BrN2O2. The lowest BCUT2D eigenvalue weighted by molar-refractivity contribution is 0.0949. The van der Waals surface area contributed by atoms with Gasteiger partial charge in [-0.25, -0.2) is 0 Å². The van der Waals surface area contributed by atoms with Crippen molar-refractivity contribution in [2.75, 3.05) is 0 Å². The molecule has 0 spiro atoms. The van der Waals surface area contributed by atoms with Crippen LogP contribution < -0.4 is 10.9 Å². The zero-order valence-electron chi connectivity index (χ0n) is 12.5. The van der Waals surface area contributed by atoms with E-state index in [9.17, 15) is 9.59 Å². The van der Waals surface area contributed by atoms with Gasteiger partial charge < -0.3 is 10.3 Å². The summed E-state index contributed by atoms with van der Waals surface area (Å²) in [6.07, 6.45) is 0. The number of fused-ring (bicyclic) bond motifs is 1. The average Bonchev–Trinajstić information content (AvgIpc) is 2.54. The maximum atomic E-state index is 12.3. The Morgan fingerprint density at radius 2 is 1.87 bits per heavy atom. The first-order chi connectivity index (χ1) is 11.0. The van der Waals surface area contributed by atoms with Crippen molar-refractivity contribution in [3.8, 4) is 0 Å². The first-order valence-corrected chi connectivity index (χ1v) is 7.98. The Kier molecular flexibility index (Phi) is 4.30. The standard InChI is InChI=1S/C18H15BrN2O2/c1-11-2-4-12(5-3-11)10-20-17(22)15-9-13-8-14(19)6-7-16(13)21-18(15)23/h2-9H,10H2,1H3,(H,20,22)(H,21,23). The molecule has 5 heteroatoms. The molecule has 23 heavy (non-hydrogen) atoms. The minimum Gasteiger partial charge on any atom is -0.348 e. The smallest absolute Gasteiger partial charge is 0.261 e. The van der Waals surface area contributed by atoms with E-state index < -0.39 is 0 Å². The Hall–Kier alpha value is -2.40. The summed E-state index contributed by atoms with van der Waals surface area (Å²) >= 11 is 3.39. The van der Waals surface area contributed by atoms with Gasteiger partial charge in [0.25, 0.3) is 11.5 Å². The number of aryl methyl sites for hydroxylation is 1. The highest BCUT2D eigenvalue weighted by Crippen LogP contribution is 2.17. The fourth-order valence-electron chi connectivity index (χ4n) is 2.33. The second-order valence-electron chi connectivity index (χ2n) is 5.41. The first kappa shape index (κ1) is 15.5. The number of halogens is 1. The lowest BCUT2D eigenvalue weighted by atomic mass is 10.1. The monoisotopic (exact) mass is 370 g/mol. The number of hydrogen-bond acceptors (Lipinski definition) is 2. The van der Waals surface area contributed by atoms with E-state index in [0.29, 0.717) is 12.1 Å². The Labute approximate surface area is 141 Å². The number of pyridine rings is 1. The number of amides is 1. The van der Waals surface area contributed by atoms with Gasteiger partial charge in [0, 0.05) is 21.9 Å². The van der Waals surface area contributed by atoms with Gasteiger partial charge in [0.05, 0.1) is 0 Å². The molecule has 1 aromatic heterocycles. The molecular weight excluding hydrogens is 356 g/mol. The minimum atomic E-state index is -0.388. The van der Waals surface area contributed by atoms with Crippen molar-refractivity contribution in [3.05, 3.63) is 80.0 Å². The largest absolute Gasteiger partial charge is 0.348 e. The highest BCUT2D eigenvalue weighted by atomic mass is 79.9. The first-order valence-electron chi connectivity index (χ1n) is 7.19. The fraction of sp³-hybridized carbons (Fsp3) is 0.111. The lowest BCUT2D eigenvalue weighted by Gasteiger charge is -2.07. The Morgan fingerprint density at radius 3 is 2.61 bits per heavy atom. The van der Waals surface area contributed by atoms with E-state index in [1.54, 1.807) is 12.1 Å². The molecule has 0 aliphatic carbocycles. The van der Waals surface area contributed by atoms with E-state index in [1.165, 1.54) is 0 Å². The molecule has 0 saturated carbocycles. The minimum absolute atomic E-state index is 0.114. The van der Waals surface area contributed by atoms with Crippen LogP contribution in [-0.4, -0.2) is 10.9 Å². The van der Waals surface area contributed by atoms with Crippen molar-refractivity contribution < 1.29 is 4.79 Å². The maximum Gasteiger partial charge on any atom is 0.261 e. The molecule has 3 aromatic rings. The van der Waals surface area contributed by atoms with Crippen molar-refractivity contribution in [1.29, 1.82) is 0 Å². The van der Waals surface area contributed by atoms with E-state index >= 15 is 0 Å². The zero-order chi connectivity index (χ0) is 16.4. The van der Waals surface area contributed by atoms with Gasteiger partial charge in [-0.1, -0.05) is 45.8 Å². The number of hydrogen-bond donors (Lipinski definition) is 2. The molecule has 1 heterocycles. The summed E-state index contributed by atoms with van der Waals surface area (Å²) in [6, 6.07) is 15.0. The lowest BCUT2D eigenvalue weighted by Crippen LogP contribution is -2.29. The maximum absolute atomic E-state index is 12.3. The molecule has 0 atom stereocenters. The molecule has 0 aliphatic heterocycles. The Bertz CT molecular complexity index is 930. The van der Waals surface area contributed by atoms with Crippen LogP contribution in [0.15, 0.2) is 57.8 Å². The third-order valence-electron chi connectivity index (χ3n) is 3.62. The number of aromatic amines is 1. The molecule has 0 fully saturated rings. The molecule has 2 N–H and O–H groups in total. The second-order valence-corrected chi connectivity index (χ2v) is 6.33. The van der Waals surface area contributed by atoms with Gasteiger partial charge in [-0.3, -0.25) is 9.59 Å². The number of carbonyl (C=O) groups is 1. The molecule has 1 amide bonds. The van der Waals surface area contributed by atoms with Crippen LogP contribution in [0.25, 0.3) is 10.9 Å². The van der Waals surface area contributed by atoms with Crippen LogP contribution >= 0.6 is 15.9 Å². The predicted octanol–water partition coefficient (Wildman–Crippen LogP) is 3.53. The summed E-state index contributed by atoms with van der Waals surface area (Å²) in [4.78, 5) is 27.1. The number of aromatic nitrogens is 1. The van der Waals surface area contributed by atoms with Gasteiger partial charge in [0.2, 0.25) is 0 Å². The highest BCUT2D eigenvalue weighted by Gasteiger charge is 2.11. The van der Waals surface area contributed by atoms with Crippen LogP contribution in [0.2, 0.25) is 0 Å².